The van der Waals surface area contributed by atoms with Crippen LogP contribution in [0.3, 0.4) is 0 Å². The highest BCUT2D eigenvalue weighted by atomic mass is 16.4. The van der Waals surface area contributed by atoms with E-state index in [2.05, 4.69) is 15.3 Å². The van der Waals surface area contributed by atoms with E-state index in [1.807, 2.05) is 6.07 Å². The third-order valence-electron chi connectivity index (χ3n) is 3.82. The Morgan fingerprint density at radius 1 is 1.22 bits per heavy atom. The van der Waals surface area contributed by atoms with Crippen molar-refractivity contribution in [3.05, 3.63) is 59.7 Å². The molecule has 1 aliphatic carbocycles. The number of nitrogens with one attached hydrogen (secondary N) is 1. The molecule has 0 spiro atoms. The third-order valence-corrected chi connectivity index (χ3v) is 3.82. The summed E-state index contributed by atoms with van der Waals surface area (Å²) in [5, 5.41) is 12.0. The van der Waals surface area contributed by atoms with Gasteiger partial charge < -0.3 is 10.4 Å². The lowest BCUT2D eigenvalue weighted by atomic mass is 9.99. The molecule has 1 aliphatic rings. The van der Waals surface area contributed by atoms with Gasteiger partial charge in [0.25, 0.3) is 5.91 Å². The molecule has 1 aromatic carbocycles. The number of benzene rings is 1. The Balaban J connectivity index is 1.67. The average molecular weight is 311 g/mol. The number of hydrogen-bond acceptors (Lipinski definition) is 4. The second-order valence-electron chi connectivity index (χ2n) is 5.59. The molecule has 0 radical (unpaired) electrons. The van der Waals surface area contributed by atoms with E-state index in [1.165, 1.54) is 0 Å². The lowest BCUT2D eigenvalue weighted by molar-refractivity contribution is -0.138. The van der Waals surface area contributed by atoms with Crippen molar-refractivity contribution >= 4 is 11.9 Å². The summed E-state index contributed by atoms with van der Waals surface area (Å²) in [5.74, 6) is -1.09. The molecule has 1 heterocycles. The molecule has 2 N–H and O–H groups in total. The maximum absolute atomic E-state index is 12.2. The van der Waals surface area contributed by atoms with Crippen LogP contribution in [0.4, 0.5) is 0 Å². The van der Waals surface area contributed by atoms with E-state index in [0.29, 0.717) is 17.3 Å². The molecule has 1 amide bonds. The summed E-state index contributed by atoms with van der Waals surface area (Å²) in [6.45, 7) is 0.0148. The summed E-state index contributed by atoms with van der Waals surface area (Å²) in [6, 6.07) is 10.4. The van der Waals surface area contributed by atoms with Crippen molar-refractivity contribution in [3.63, 3.8) is 0 Å². The molecule has 0 bridgehead atoms. The number of amides is 1. The van der Waals surface area contributed by atoms with Gasteiger partial charge in [-0.2, -0.15) is 0 Å². The van der Waals surface area contributed by atoms with Crippen molar-refractivity contribution in [2.75, 3.05) is 6.54 Å². The number of carbonyl (C=O) groups excluding carboxylic acids is 1. The van der Waals surface area contributed by atoms with Gasteiger partial charge in [0.05, 0.1) is 5.92 Å². The zero-order valence-electron chi connectivity index (χ0n) is 12.5. The van der Waals surface area contributed by atoms with Gasteiger partial charge in [0.1, 0.15) is 11.5 Å². The Morgan fingerprint density at radius 3 is 2.61 bits per heavy atom. The van der Waals surface area contributed by atoms with Crippen LogP contribution in [-0.2, 0) is 4.79 Å². The first-order valence-corrected chi connectivity index (χ1v) is 7.54. The summed E-state index contributed by atoms with van der Waals surface area (Å²) in [6.07, 6.45) is 3.68. The summed E-state index contributed by atoms with van der Waals surface area (Å²) in [4.78, 5) is 32.1. The van der Waals surface area contributed by atoms with E-state index in [9.17, 15) is 14.7 Å². The van der Waals surface area contributed by atoms with Crippen molar-refractivity contribution in [1.29, 1.82) is 0 Å². The van der Waals surface area contributed by atoms with Crippen LogP contribution in [0.1, 0.15) is 46.6 Å². The maximum Gasteiger partial charge on any atom is 0.312 e. The topological polar surface area (TPSA) is 92.2 Å². The molecule has 3 rings (SSSR count). The first-order valence-electron chi connectivity index (χ1n) is 7.54. The van der Waals surface area contributed by atoms with E-state index in [-0.39, 0.29) is 18.1 Å². The SMILES string of the molecule is O=C(NCC(C(=O)O)c1ccccc1)c1ccnc(C2CC2)n1. The fraction of sp³-hybridized carbons (Fsp3) is 0.294. The molecular weight excluding hydrogens is 294 g/mol. The maximum atomic E-state index is 12.2. The predicted octanol–water partition coefficient (Wildman–Crippen LogP) is 1.95. The molecule has 6 nitrogen and oxygen atoms in total. The molecular formula is C17H17N3O3. The quantitative estimate of drug-likeness (QED) is 0.850. The van der Waals surface area contributed by atoms with Gasteiger partial charge in [-0.1, -0.05) is 30.3 Å². The number of rotatable bonds is 6. The number of aromatic nitrogens is 2. The predicted molar refractivity (Wildman–Crippen MR) is 83.2 cm³/mol. The molecule has 6 heteroatoms. The molecule has 1 fully saturated rings. The summed E-state index contributed by atoms with van der Waals surface area (Å²) in [7, 11) is 0. The Bertz CT molecular complexity index is 714. The van der Waals surface area contributed by atoms with Crippen LogP contribution in [0.25, 0.3) is 0 Å². The summed E-state index contributed by atoms with van der Waals surface area (Å²) in [5.41, 5.74) is 0.931. The fourth-order valence-electron chi connectivity index (χ4n) is 2.36. The second kappa shape index (κ2) is 6.56. The minimum absolute atomic E-state index is 0.0148. The van der Waals surface area contributed by atoms with Crippen LogP contribution in [0.5, 0.6) is 0 Å². The van der Waals surface area contributed by atoms with Crippen LogP contribution in [0.2, 0.25) is 0 Å². The van der Waals surface area contributed by atoms with Gasteiger partial charge in [0.15, 0.2) is 0 Å². The lowest BCUT2D eigenvalue weighted by Crippen LogP contribution is -2.32. The van der Waals surface area contributed by atoms with Crippen molar-refractivity contribution in [2.45, 2.75) is 24.7 Å². The van der Waals surface area contributed by atoms with Crippen LogP contribution < -0.4 is 5.32 Å². The largest absolute Gasteiger partial charge is 0.481 e. The first kappa shape index (κ1) is 15.1. The molecule has 1 unspecified atom stereocenters. The monoisotopic (exact) mass is 311 g/mol. The van der Waals surface area contributed by atoms with E-state index in [4.69, 9.17) is 0 Å². The molecule has 1 atom stereocenters. The molecule has 1 saturated carbocycles. The van der Waals surface area contributed by atoms with Crippen LogP contribution in [0.15, 0.2) is 42.6 Å². The number of carboxylic acids is 1. The highest BCUT2D eigenvalue weighted by Gasteiger charge is 2.27. The Kier molecular flexibility index (Phi) is 4.32. The molecule has 1 aromatic heterocycles. The lowest BCUT2D eigenvalue weighted by Gasteiger charge is -2.13. The molecule has 2 aromatic rings. The van der Waals surface area contributed by atoms with E-state index in [1.54, 1.807) is 36.5 Å². The Hall–Kier alpha value is -2.76. The van der Waals surface area contributed by atoms with Gasteiger partial charge in [-0.3, -0.25) is 9.59 Å². The van der Waals surface area contributed by atoms with Crippen LogP contribution >= 0.6 is 0 Å². The fourth-order valence-corrected chi connectivity index (χ4v) is 2.36. The van der Waals surface area contributed by atoms with Crippen molar-refractivity contribution in [2.24, 2.45) is 0 Å². The molecule has 118 valence electrons. The van der Waals surface area contributed by atoms with Crippen LogP contribution in [-0.4, -0.2) is 33.5 Å². The van der Waals surface area contributed by atoms with Gasteiger partial charge in [-0.15, -0.1) is 0 Å². The molecule has 23 heavy (non-hydrogen) atoms. The number of carboxylic acid groups (broad SMARTS) is 1. The smallest absolute Gasteiger partial charge is 0.312 e. The van der Waals surface area contributed by atoms with Gasteiger partial charge in [-0.05, 0) is 24.5 Å². The van der Waals surface area contributed by atoms with Crippen LogP contribution in [0, 0.1) is 0 Å². The van der Waals surface area contributed by atoms with Crippen molar-refractivity contribution in [3.8, 4) is 0 Å². The van der Waals surface area contributed by atoms with Gasteiger partial charge in [-0.25, -0.2) is 9.97 Å². The number of aliphatic carboxylic acids is 1. The minimum atomic E-state index is -0.974. The number of hydrogen-bond donors (Lipinski definition) is 2. The van der Waals surface area contributed by atoms with Gasteiger partial charge in [0.2, 0.25) is 0 Å². The summed E-state index contributed by atoms with van der Waals surface area (Å²) < 4.78 is 0. The Morgan fingerprint density at radius 2 is 1.96 bits per heavy atom. The van der Waals surface area contributed by atoms with Gasteiger partial charge in [0, 0.05) is 18.7 Å². The summed E-state index contributed by atoms with van der Waals surface area (Å²) >= 11 is 0. The highest BCUT2D eigenvalue weighted by Crippen LogP contribution is 2.37. The van der Waals surface area contributed by atoms with Crippen molar-refractivity contribution in [1.82, 2.24) is 15.3 Å². The minimum Gasteiger partial charge on any atom is -0.481 e. The zero-order chi connectivity index (χ0) is 16.2. The van der Waals surface area contributed by atoms with Crippen molar-refractivity contribution < 1.29 is 14.7 Å². The van der Waals surface area contributed by atoms with Gasteiger partial charge >= 0.3 is 5.97 Å². The third kappa shape index (κ3) is 3.71. The Labute approximate surface area is 133 Å². The second-order valence-corrected chi connectivity index (χ2v) is 5.59. The normalized spacial score (nSPS) is 15.0. The molecule has 0 aliphatic heterocycles. The first-order chi connectivity index (χ1) is 11.1. The highest BCUT2D eigenvalue weighted by molar-refractivity contribution is 5.92. The number of carbonyl (C=O) groups is 2. The zero-order valence-corrected chi connectivity index (χ0v) is 12.5. The standard InChI is InChI=1S/C17H17N3O3/c21-16(14-8-9-18-15(20-14)12-6-7-12)19-10-13(17(22)23)11-4-2-1-3-5-11/h1-5,8-9,12-13H,6-7,10H2,(H,19,21)(H,22,23). The molecule has 0 saturated heterocycles. The average Bonchev–Trinajstić information content (AvgIpc) is 3.41. The number of nitrogens with zero attached hydrogens (tertiary/aromatic N) is 2. The van der Waals surface area contributed by atoms with E-state index < -0.39 is 11.9 Å². The van der Waals surface area contributed by atoms with E-state index in [0.717, 1.165) is 12.8 Å². The van der Waals surface area contributed by atoms with E-state index >= 15 is 0 Å².